The van der Waals surface area contributed by atoms with E-state index in [1.165, 1.54) is 25.1 Å². The van der Waals surface area contributed by atoms with Gasteiger partial charge in [-0.15, -0.1) is 0 Å². The molecule has 1 unspecified atom stereocenters. The zero-order valence-electron chi connectivity index (χ0n) is 7.62. The van der Waals surface area contributed by atoms with Crippen LogP contribution in [0.2, 0.25) is 0 Å². The number of hydrogen-bond donors (Lipinski definition) is 2. The first kappa shape index (κ1) is 10.4. The molecule has 3 nitrogen and oxygen atoms in total. The van der Waals surface area contributed by atoms with Crippen LogP contribution >= 0.6 is 0 Å². The largest absolute Gasteiger partial charge is 0.481 e. The first-order valence-corrected chi connectivity index (χ1v) is 4.10. The van der Waals surface area contributed by atoms with Crippen LogP contribution in [0.3, 0.4) is 0 Å². The number of benzene rings is 1. The fourth-order valence-corrected chi connectivity index (χ4v) is 1.04. The number of rotatable bonds is 3. The van der Waals surface area contributed by atoms with Gasteiger partial charge in [0.15, 0.2) is 0 Å². The Morgan fingerprint density at radius 3 is 2.57 bits per heavy atom. The maximum atomic E-state index is 13.1. The first-order valence-electron chi connectivity index (χ1n) is 4.10. The molecule has 14 heavy (non-hydrogen) atoms. The molecule has 0 saturated carbocycles. The zero-order valence-corrected chi connectivity index (χ0v) is 7.62. The lowest BCUT2D eigenvalue weighted by molar-refractivity contribution is -0.138. The highest BCUT2D eigenvalue weighted by Gasteiger charge is 2.20. The van der Waals surface area contributed by atoms with Gasteiger partial charge in [-0.3, -0.25) is 4.79 Å². The number of carboxylic acids is 1. The highest BCUT2D eigenvalue weighted by molar-refractivity contribution is 6.09. The lowest BCUT2D eigenvalue weighted by Crippen LogP contribution is -2.21. The van der Waals surface area contributed by atoms with Crippen molar-refractivity contribution >= 4 is 11.7 Å². The van der Waals surface area contributed by atoms with Crippen LogP contribution in [0.15, 0.2) is 24.3 Å². The van der Waals surface area contributed by atoms with Crippen LogP contribution < -0.4 is 0 Å². The predicted octanol–water partition coefficient (Wildman–Crippen LogP) is 1.91. The van der Waals surface area contributed by atoms with E-state index in [1.807, 2.05) is 0 Å². The summed E-state index contributed by atoms with van der Waals surface area (Å²) in [7, 11) is 0. The Hall–Kier alpha value is -1.71. The van der Waals surface area contributed by atoms with Crippen LogP contribution in [0.25, 0.3) is 0 Å². The van der Waals surface area contributed by atoms with Gasteiger partial charge in [-0.05, 0) is 13.0 Å². The minimum absolute atomic E-state index is 0.0439. The highest BCUT2D eigenvalue weighted by Crippen LogP contribution is 2.12. The zero-order chi connectivity index (χ0) is 10.7. The van der Waals surface area contributed by atoms with E-state index in [0.717, 1.165) is 0 Å². The van der Waals surface area contributed by atoms with Crippen LogP contribution in [0.5, 0.6) is 0 Å². The van der Waals surface area contributed by atoms with E-state index in [9.17, 15) is 9.18 Å². The van der Waals surface area contributed by atoms with E-state index in [4.69, 9.17) is 10.5 Å². The average molecular weight is 195 g/mol. The molecule has 0 saturated heterocycles. The molecule has 1 aromatic rings. The summed E-state index contributed by atoms with van der Waals surface area (Å²) in [5.74, 6) is -2.68. The number of nitrogens with one attached hydrogen (secondary N) is 1. The summed E-state index contributed by atoms with van der Waals surface area (Å²) in [6.45, 7) is 1.36. The lowest BCUT2D eigenvalue weighted by atomic mass is 9.98. The monoisotopic (exact) mass is 195 g/mol. The molecule has 0 spiro atoms. The molecule has 1 atom stereocenters. The summed E-state index contributed by atoms with van der Waals surface area (Å²) in [6, 6.07) is 5.68. The SMILES string of the molecule is CC(C(=N)c1ccccc1F)C(=O)O. The average Bonchev–Trinajstić information content (AvgIpc) is 2.16. The summed E-state index contributed by atoms with van der Waals surface area (Å²) >= 11 is 0. The van der Waals surface area contributed by atoms with Crippen molar-refractivity contribution in [2.45, 2.75) is 6.92 Å². The minimum Gasteiger partial charge on any atom is -0.481 e. The van der Waals surface area contributed by atoms with Gasteiger partial charge in [0.2, 0.25) is 0 Å². The molecule has 74 valence electrons. The molecule has 1 rings (SSSR count). The Balaban J connectivity index is 3.01. The van der Waals surface area contributed by atoms with Crippen LogP contribution in [-0.4, -0.2) is 16.8 Å². The summed E-state index contributed by atoms with van der Waals surface area (Å²) in [5.41, 5.74) is -0.169. The molecule has 2 N–H and O–H groups in total. The second-order valence-corrected chi connectivity index (χ2v) is 2.95. The van der Waals surface area contributed by atoms with Gasteiger partial charge in [-0.25, -0.2) is 4.39 Å². The summed E-state index contributed by atoms with van der Waals surface area (Å²) in [6.07, 6.45) is 0. The van der Waals surface area contributed by atoms with Crippen molar-refractivity contribution < 1.29 is 14.3 Å². The fraction of sp³-hybridized carbons (Fsp3) is 0.200. The van der Waals surface area contributed by atoms with E-state index in [0.29, 0.717) is 0 Å². The summed E-state index contributed by atoms with van der Waals surface area (Å²) in [4.78, 5) is 10.6. The lowest BCUT2D eigenvalue weighted by Gasteiger charge is -2.08. The fourth-order valence-electron chi connectivity index (χ4n) is 1.04. The Morgan fingerprint density at radius 1 is 1.50 bits per heavy atom. The highest BCUT2D eigenvalue weighted by atomic mass is 19.1. The minimum atomic E-state index is -1.13. The maximum absolute atomic E-state index is 13.1. The van der Waals surface area contributed by atoms with Gasteiger partial charge in [0.05, 0.1) is 11.6 Å². The maximum Gasteiger partial charge on any atom is 0.312 e. The van der Waals surface area contributed by atoms with Gasteiger partial charge in [0, 0.05) is 5.56 Å². The van der Waals surface area contributed by atoms with Crippen LogP contribution in [0, 0.1) is 17.1 Å². The molecule has 0 heterocycles. The summed E-state index contributed by atoms with van der Waals surface area (Å²) < 4.78 is 13.1. The molecule has 0 amide bonds. The molecule has 0 fully saturated rings. The van der Waals surface area contributed by atoms with E-state index in [2.05, 4.69) is 0 Å². The Kier molecular flexibility index (Phi) is 2.96. The van der Waals surface area contributed by atoms with Gasteiger partial charge in [0.1, 0.15) is 5.82 Å². The molecule has 0 aromatic heterocycles. The Bertz CT molecular complexity index is 376. The third-order valence-electron chi connectivity index (χ3n) is 1.97. The number of hydrogen-bond acceptors (Lipinski definition) is 2. The molecule has 0 aliphatic heterocycles. The first-order chi connectivity index (χ1) is 6.54. The molecular weight excluding hydrogens is 185 g/mol. The van der Waals surface area contributed by atoms with Crippen molar-refractivity contribution in [1.29, 1.82) is 5.41 Å². The quantitative estimate of drug-likeness (QED) is 0.724. The second-order valence-electron chi connectivity index (χ2n) is 2.95. The van der Waals surface area contributed by atoms with Crippen molar-refractivity contribution in [3.63, 3.8) is 0 Å². The van der Waals surface area contributed by atoms with Gasteiger partial charge >= 0.3 is 5.97 Å². The topological polar surface area (TPSA) is 61.2 Å². The molecule has 0 aliphatic carbocycles. The number of carboxylic acid groups (broad SMARTS) is 1. The Morgan fingerprint density at radius 2 is 2.07 bits per heavy atom. The van der Waals surface area contributed by atoms with E-state index in [1.54, 1.807) is 6.07 Å². The molecule has 0 aliphatic rings. The number of carbonyl (C=O) groups is 1. The van der Waals surface area contributed by atoms with Crippen molar-refractivity contribution in [2.24, 2.45) is 5.92 Å². The van der Waals surface area contributed by atoms with E-state index < -0.39 is 17.7 Å². The summed E-state index contributed by atoms with van der Waals surface area (Å²) in [5, 5.41) is 16.1. The molecule has 4 heteroatoms. The van der Waals surface area contributed by atoms with Gasteiger partial charge in [-0.1, -0.05) is 18.2 Å². The van der Waals surface area contributed by atoms with E-state index >= 15 is 0 Å². The van der Waals surface area contributed by atoms with Crippen molar-refractivity contribution in [3.05, 3.63) is 35.6 Å². The smallest absolute Gasteiger partial charge is 0.312 e. The third-order valence-corrected chi connectivity index (χ3v) is 1.97. The van der Waals surface area contributed by atoms with Gasteiger partial charge in [0.25, 0.3) is 0 Å². The number of aliphatic carboxylic acids is 1. The third kappa shape index (κ3) is 1.96. The molecule has 0 radical (unpaired) electrons. The second kappa shape index (κ2) is 4.00. The standard InChI is InChI=1S/C10H10FNO2/c1-6(10(13)14)9(12)7-4-2-3-5-8(7)11/h2-6,12H,1H3,(H,13,14). The van der Waals surface area contributed by atoms with Crippen molar-refractivity contribution in [2.75, 3.05) is 0 Å². The van der Waals surface area contributed by atoms with Gasteiger partial charge < -0.3 is 10.5 Å². The normalized spacial score (nSPS) is 12.1. The van der Waals surface area contributed by atoms with Gasteiger partial charge in [-0.2, -0.15) is 0 Å². The number of halogens is 1. The van der Waals surface area contributed by atoms with Crippen molar-refractivity contribution in [1.82, 2.24) is 0 Å². The molecule has 1 aromatic carbocycles. The van der Waals surface area contributed by atoms with E-state index in [-0.39, 0.29) is 11.3 Å². The predicted molar refractivity (Wildman–Crippen MR) is 50.0 cm³/mol. The van der Waals surface area contributed by atoms with Crippen molar-refractivity contribution in [3.8, 4) is 0 Å². The van der Waals surface area contributed by atoms with Crippen LogP contribution in [-0.2, 0) is 4.79 Å². The Labute approximate surface area is 80.7 Å². The molecule has 0 bridgehead atoms. The van der Waals surface area contributed by atoms with Crippen LogP contribution in [0.1, 0.15) is 12.5 Å². The molecular formula is C10H10FNO2. The van der Waals surface area contributed by atoms with Crippen LogP contribution in [0.4, 0.5) is 4.39 Å².